The molecule has 3 rings (SSSR count). The minimum Gasteiger partial charge on any atom is -0.347 e. The molecule has 0 radical (unpaired) electrons. The first kappa shape index (κ1) is 20.3. The number of nitrogens with one attached hydrogen (secondary N) is 2. The molecule has 0 fully saturated rings. The van der Waals surface area contributed by atoms with Gasteiger partial charge in [-0.3, -0.25) is 9.59 Å². The Bertz CT molecular complexity index is 913. The van der Waals surface area contributed by atoms with E-state index in [4.69, 9.17) is 0 Å². The first-order valence-corrected chi connectivity index (χ1v) is 9.84. The molecule has 2 amide bonds. The third kappa shape index (κ3) is 5.32. The van der Waals surface area contributed by atoms with Gasteiger partial charge in [-0.2, -0.15) is 0 Å². The van der Waals surface area contributed by atoms with Gasteiger partial charge in [0, 0.05) is 18.2 Å². The molecule has 3 aromatic rings. The summed E-state index contributed by atoms with van der Waals surface area (Å²) in [4.78, 5) is 24.9. The summed E-state index contributed by atoms with van der Waals surface area (Å²) >= 11 is 0. The topological polar surface area (TPSA) is 58.2 Å². The second kappa shape index (κ2) is 9.69. The van der Waals surface area contributed by atoms with Crippen LogP contribution in [0.1, 0.15) is 42.4 Å². The highest BCUT2D eigenvalue weighted by Gasteiger charge is 2.19. The summed E-state index contributed by atoms with van der Waals surface area (Å²) in [5.41, 5.74) is 3.85. The third-order valence-corrected chi connectivity index (χ3v) is 4.91. The zero-order valence-electron chi connectivity index (χ0n) is 16.8. The van der Waals surface area contributed by atoms with Crippen LogP contribution in [0.2, 0.25) is 0 Å². The number of hydrogen-bond acceptors (Lipinski definition) is 2. The van der Waals surface area contributed by atoms with Gasteiger partial charge in [0.05, 0.1) is 0 Å². The normalized spacial score (nSPS) is 10.8. The van der Waals surface area contributed by atoms with E-state index in [1.807, 2.05) is 84.9 Å². The summed E-state index contributed by atoms with van der Waals surface area (Å²) in [6, 6.07) is 27.5. The van der Waals surface area contributed by atoms with Crippen LogP contribution in [0.15, 0.2) is 84.9 Å². The van der Waals surface area contributed by atoms with Crippen molar-refractivity contribution in [2.75, 3.05) is 11.9 Å². The fourth-order valence-corrected chi connectivity index (χ4v) is 3.37. The van der Waals surface area contributed by atoms with Gasteiger partial charge in [0.25, 0.3) is 0 Å². The predicted octanol–water partition coefficient (Wildman–Crippen LogP) is 4.70. The Morgan fingerprint density at radius 2 is 1.24 bits per heavy atom. The van der Waals surface area contributed by atoms with Gasteiger partial charge in [-0.15, -0.1) is 0 Å². The van der Waals surface area contributed by atoms with E-state index in [2.05, 4.69) is 24.5 Å². The maximum absolute atomic E-state index is 12.5. The minimum absolute atomic E-state index is 0.0305. The Morgan fingerprint density at radius 1 is 0.724 bits per heavy atom. The van der Waals surface area contributed by atoms with E-state index in [0.717, 1.165) is 16.7 Å². The maximum Gasteiger partial charge on any atom is 0.313 e. The summed E-state index contributed by atoms with van der Waals surface area (Å²) in [6.07, 6.45) is 0. The lowest BCUT2D eigenvalue weighted by Crippen LogP contribution is -2.38. The van der Waals surface area contributed by atoms with Gasteiger partial charge in [0.15, 0.2) is 0 Å². The summed E-state index contributed by atoms with van der Waals surface area (Å²) in [7, 11) is 0. The van der Waals surface area contributed by atoms with Gasteiger partial charge < -0.3 is 10.6 Å². The Balaban J connectivity index is 1.70. The molecule has 0 unspecified atom stereocenters. The van der Waals surface area contributed by atoms with E-state index in [1.54, 1.807) is 0 Å². The third-order valence-electron chi connectivity index (χ3n) is 4.91. The van der Waals surface area contributed by atoms with Crippen molar-refractivity contribution < 1.29 is 9.59 Å². The molecule has 0 heterocycles. The second-order valence-corrected chi connectivity index (χ2v) is 7.28. The van der Waals surface area contributed by atoms with E-state index in [9.17, 15) is 9.59 Å². The summed E-state index contributed by atoms with van der Waals surface area (Å²) in [6.45, 7) is 4.44. The molecular formula is C25H26N2O2. The van der Waals surface area contributed by atoms with Gasteiger partial charge in [-0.1, -0.05) is 92.7 Å². The Labute approximate surface area is 172 Å². The van der Waals surface area contributed by atoms with E-state index in [1.165, 1.54) is 0 Å². The zero-order chi connectivity index (χ0) is 20.6. The van der Waals surface area contributed by atoms with Crippen LogP contribution in [0.25, 0.3) is 0 Å². The zero-order valence-corrected chi connectivity index (χ0v) is 16.8. The number of anilines is 1. The molecule has 0 bridgehead atoms. The molecule has 2 N–H and O–H groups in total. The molecule has 0 aliphatic rings. The SMILES string of the molecule is CC(C)c1ccccc1NC(=O)C(=O)NCC(c1ccccc1)c1ccccc1. The van der Waals surface area contributed by atoms with Crippen molar-refractivity contribution in [3.05, 3.63) is 102 Å². The molecule has 0 spiro atoms. The summed E-state index contributed by atoms with van der Waals surface area (Å²) in [5, 5.41) is 5.54. The highest BCUT2D eigenvalue weighted by molar-refractivity contribution is 6.39. The van der Waals surface area contributed by atoms with Gasteiger partial charge in [0.1, 0.15) is 0 Å². The Morgan fingerprint density at radius 3 is 1.79 bits per heavy atom. The largest absolute Gasteiger partial charge is 0.347 e. The number of carbonyl (C=O) groups is 2. The van der Waals surface area contributed by atoms with E-state index in [-0.39, 0.29) is 11.8 Å². The summed E-state index contributed by atoms with van der Waals surface area (Å²) < 4.78 is 0. The van der Waals surface area contributed by atoms with Crippen LogP contribution in [0.3, 0.4) is 0 Å². The van der Waals surface area contributed by atoms with Crippen LogP contribution >= 0.6 is 0 Å². The van der Waals surface area contributed by atoms with Crippen molar-refractivity contribution in [2.45, 2.75) is 25.7 Å². The molecule has 4 heteroatoms. The highest BCUT2D eigenvalue weighted by atomic mass is 16.2. The van der Waals surface area contributed by atoms with Crippen molar-refractivity contribution in [3.63, 3.8) is 0 Å². The van der Waals surface area contributed by atoms with Crippen LogP contribution in [0.4, 0.5) is 5.69 Å². The first-order valence-electron chi connectivity index (χ1n) is 9.84. The van der Waals surface area contributed by atoms with Crippen LogP contribution in [-0.4, -0.2) is 18.4 Å². The molecule has 0 saturated heterocycles. The number of amides is 2. The smallest absolute Gasteiger partial charge is 0.313 e. The molecule has 0 aromatic heterocycles. The quantitative estimate of drug-likeness (QED) is 0.604. The van der Waals surface area contributed by atoms with Crippen molar-refractivity contribution in [1.82, 2.24) is 5.32 Å². The number of benzene rings is 3. The van der Waals surface area contributed by atoms with Gasteiger partial charge in [0.2, 0.25) is 0 Å². The standard InChI is InChI=1S/C25H26N2O2/c1-18(2)21-15-9-10-16-23(21)27-25(29)24(28)26-17-22(19-11-5-3-6-12-19)20-13-7-4-8-14-20/h3-16,18,22H,17H2,1-2H3,(H,26,28)(H,27,29). The first-order chi connectivity index (χ1) is 14.1. The molecule has 29 heavy (non-hydrogen) atoms. The minimum atomic E-state index is -0.655. The maximum atomic E-state index is 12.5. The predicted molar refractivity (Wildman–Crippen MR) is 117 cm³/mol. The molecule has 0 saturated carbocycles. The van der Waals surface area contributed by atoms with Gasteiger partial charge in [-0.25, -0.2) is 0 Å². The summed E-state index contributed by atoms with van der Waals surface area (Å²) in [5.74, 6) is -1.08. The van der Waals surface area contributed by atoms with E-state index in [0.29, 0.717) is 12.2 Å². The van der Waals surface area contributed by atoms with Gasteiger partial charge >= 0.3 is 11.8 Å². The monoisotopic (exact) mass is 386 g/mol. The van der Waals surface area contributed by atoms with Crippen molar-refractivity contribution in [2.24, 2.45) is 0 Å². The number of rotatable bonds is 6. The molecule has 148 valence electrons. The highest BCUT2D eigenvalue weighted by Crippen LogP contribution is 2.25. The van der Waals surface area contributed by atoms with Crippen molar-refractivity contribution in [3.8, 4) is 0 Å². The Hall–Kier alpha value is -3.40. The van der Waals surface area contributed by atoms with E-state index < -0.39 is 11.8 Å². The molecule has 4 nitrogen and oxygen atoms in total. The average Bonchev–Trinajstić information content (AvgIpc) is 2.75. The fraction of sp³-hybridized carbons (Fsp3) is 0.200. The molecule has 0 aliphatic heterocycles. The average molecular weight is 386 g/mol. The Kier molecular flexibility index (Phi) is 6.80. The van der Waals surface area contributed by atoms with Crippen LogP contribution in [0.5, 0.6) is 0 Å². The van der Waals surface area contributed by atoms with Crippen LogP contribution in [-0.2, 0) is 9.59 Å². The number of carbonyl (C=O) groups excluding carboxylic acids is 2. The lowest BCUT2D eigenvalue weighted by atomic mass is 9.91. The second-order valence-electron chi connectivity index (χ2n) is 7.28. The molecule has 3 aromatic carbocycles. The molecule has 0 aliphatic carbocycles. The number of hydrogen-bond donors (Lipinski definition) is 2. The molecular weight excluding hydrogens is 360 g/mol. The van der Waals surface area contributed by atoms with Crippen molar-refractivity contribution in [1.29, 1.82) is 0 Å². The van der Waals surface area contributed by atoms with Crippen LogP contribution < -0.4 is 10.6 Å². The van der Waals surface area contributed by atoms with Gasteiger partial charge in [-0.05, 0) is 28.7 Å². The van der Waals surface area contributed by atoms with Crippen LogP contribution in [0, 0.1) is 0 Å². The lowest BCUT2D eigenvalue weighted by Gasteiger charge is -2.19. The van der Waals surface area contributed by atoms with Crippen molar-refractivity contribution >= 4 is 17.5 Å². The number of para-hydroxylation sites is 1. The fourth-order valence-electron chi connectivity index (χ4n) is 3.37. The lowest BCUT2D eigenvalue weighted by molar-refractivity contribution is -0.136. The molecule has 0 atom stereocenters. The van der Waals surface area contributed by atoms with E-state index >= 15 is 0 Å².